The largest absolute Gasteiger partial charge is 0.482 e. The van der Waals surface area contributed by atoms with E-state index in [9.17, 15) is 4.79 Å². The number of ether oxygens (including phenoxy) is 1. The van der Waals surface area contributed by atoms with E-state index in [0.717, 1.165) is 48.6 Å². The highest BCUT2D eigenvalue weighted by Crippen LogP contribution is 2.42. The van der Waals surface area contributed by atoms with E-state index in [4.69, 9.17) is 9.15 Å². The van der Waals surface area contributed by atoms with Crippen molar-refractivity contribution in [3.63, 3.8) is 0 Å². The lowest BCUT2D eigenvalue weighted by Crippen LogP contribution is -2.46. The Morgan fingerprint density at radius 3 is 2.41 bits per heavy atom. The van der Waals surface area contributed by atoms with Crippen molar-refractivity contribution in [1.29, 1.82) is 0 Å². The molecule has 0 bridgehead atoms. The molecule has 1 fully saturated rings. The van der Waals surface area contributed by atoms with Gasteiger partial charge in [-0.05, 0) is 65.1 Å². The van der Waals surface area contributed by atoms with Gasteiger partial charge >= 0.3 is 0 Å². The van der Waals surface area contributed by atoms with E-state index < -0.39 is 0 Å². The molecule has 5 heteroatoms. The summed E-state index contributed by atoms with van der Waals surface area (Å²) < 4.78 is 12.6. The van der Waals surface area contributed by atoms with Crippen molar-refractivity contribution < 1.29 is 13.9 Å². The van der Waals surface area contributed by atoms with E-state index in [1.54, 1.807) is 6.07 Å². The molecule has 4 rings (SSSR count). The second kappa shape index (κ2) is 7.71. The second-order valence-corrected chi connectivity index (χ2v) is 8.53. The Kier molecular flexibility index (Phi) is 5.26. The second-order valence-electron chi connectivity index (χ2n) is 8.53. The molecule has 5 nitrogen and oxygen atoms in total. The molecule has 1 spiro atoms. The summed E-state index contributed by atoms with van der Waals surface area (Å²) in [5, 5.41) is 3.40. The normalized spacial score (nSPS) is 17.8. The summed E-state index contributed by atoms with van der Waals surface area (Å²) in [6.45, 7) is 9.95. The van der Waals surface area contributed by atoms with Crippen LogP contribution in [0.2, 0.25) is 0 Å². The van der Waals surface area contributed by atoms with Crippen molar-refractivity contribution in [2.75, 3.05) is 13.1 Å². The summed E-state index contributed by atoms with van der Waals surface area (Å²) in [6, 6.07) is 12.0. The number of para-hydroxylation sites is 1. The number of nitrogens with zero attached hydrogens (tertiary/aromatic N) is 1. The Balaban J connectivity index is 1.72. The van der Waals surface area contributed by atoms with Crippen LogP contribution in [0.4, 0.5) is 0 Å². The molecule has 2 aliphatic heterocycles. The Morgan fingerprint density at radius 2 is 1.72 bits per heavy atom. The molecule has 1 N–H and O–H groups in total. The van der Waals surface area contributed by atoms with Gasteiger partial charge in [-0.2, -0.15) is 0 Å². The van der Waals surface area contributed by atoms with Gasteiger partial charge in [-0.3, -0.25) is 4.79 Å². The fourth-order valence-electron chi connectivity index (χ4n) is 4.46. The zero-order chi connectivity index (χ0) is 20.6. The van der Waals surface area contributed by atoms with Crippen LogP contribution >= 0.6 is 0 Å². The van der Waals surface area contributed by atoms with E-state index in [0.29, 0.717) is 5.76 Å². The summed E-state index contributed by atoms with van der Waals surface area (Å²) in [5.74, 6) is 1.90. The molecule has 29 heavy (non-hydrogen) atoms. The molecule has 1 aromatic carbocycles. The van der Waals surface area contributed by atoms with Crippen molar-refractivity contribution in [3.8, 4) is 5.75 Å². The van der Waals surface area contributed by atoms with Gasteiger partial charge in [0.1, 0.15) is 17.1 Å². The Morgan fingerprint density at radius 1 is 1.03 bits per heavy atom. The lowest BCUT2D eigenvalue weighted by atomic mass is 9.85. The van der Waals surface area contributed by atoms with Crippen LogP contribution < -0.4 is 10.1 Å². The fraction of sp³-hybridized carbons (Fsp3) is 0.458. The Labute approximate surface area is 172 Å². The number of fused-ring (bicyclic) bond motifs is 1. The zero-order valence-corrected chi connectivity index (χ0v) is 17.7. The molecule has 1 aromatic heterocycles. The first kappa shape index (κ1) is 19.8. The van der Waals surface area contributed by atoms with Gasteiger partial charge in [0, 0.05) is 36.1 Å². The molecular formula is C24H30N2O3. The van der Waals surface area contributed by atoms with E-state index in [2.05, 4.69) is 11.4 Å². The highest BCUT2D eigenvalue weighted by molar-refractivity contribution is 5.93. The summed E-state index contributed by atoms with van der Waals surface area (Å²) in [6.07, 6.45) is 4.02. The number of amides is 1. The molecule has 3 heterocycles. The highest BCUT2D eigenvalue weighted by Gasteiger charge is 2.37. The molecule has 0 unspecified atom stereocenters. The van der Waals surface area contributed by atoms with Gasteiger partial charge in [0.25, 0.3) is 5.91 Å². The minimum atomic E-state index is -0.326. The number of piperidine rings is 1. The predicted octanol–water partition coefficient (Wildman–Crippen LogP) is 4.48. The van der Waals surface area contributed by atoms with Gasteiger partial charge in [0.2, 0.25) is 0 Å². The minimum Gasteiger partial charge on any atom is -0.482 e. The number of carbonyl (C=O) groups is 1. The average molecular weight is 395 g/mol. The van der Waals surface area contributed by atoms with Gasteiger partial charge in [-0.15, -0.1) is 0 Å². The summed E-state index contributed by atoms with van der Waals surface area (Å²) in [7, 11) is 0. The van der Waals surface area contributed by atoms with E-state index in [1.165, 1.54) is 0 Å². The van der Waals surface area contributed by atoms with Gasteiger partial charge < -0.3 is 19.4 Å². The average Bonchev–Trinajstić information content (AvgIpc) is 3.17. The number of rotatable bonds is 4. The molecule has 0 saturated carbocycles. The number of nitrogens with one attached hydrogen (secondary N) is 1. The monoisotopic (exact) mass is 394 g/mol. The summed E-state index contributed by atoms with van der Waals surface area (Å²) >= 11 is 0. The van der Waals surface area contributed by atoms with Crippen molar-refractivity contribution >= 4 is 11.5 Å². The minimum absolute atomic E-state index is 0.0706. The van der Waals surface area contributed by atoms with E-state index in [1.807, 2.05) is 62.9 Å². The van der Waals surface area contributed by atoms with Crippen LogP contribution in [0.3, 0.4) is 0 Å². The predicted molar refractivity (Wildman–Crippen MR) is 114 cm³/mol. The number of benzene rings is 1. The maximum Gasteiger partial charge on any atom is 0.290 e. The first-order chi connectivity index (χ1) is 13.9. The topological polar surface area (TPSA) is 54.7 Å². The molecular weight excluding hydrogens is 364 g/mol. The molecule has 0 radical (unpaired) electrons. The van der Waals surface area contributed by atoms with Gasteiger partial charge in [-0.25, -0.2) is 0 Å². The number of hydrogen-bond donors (Lipinski definition) is 1. The molecule has 154 valence electrons. The third-order valence-corrected chi connectivity index (χ3v) is 5.78. The van der Waals surface area contributed by atoms with Crippen LogP contribution in [0.1, 0.15) is 62.4 Å². The first-order valence-corrected chi connectivity index (χ1v) is 10.5. The van der Waals surface area contributed by atoms with Crippen LogP contribution in [0.25, 0.3) is 5.57 Å². The standard InChI is InChI=1S/C24H30N2O3/c1-16(2)26(17(3)4)23(27)22-10-9-20(28-22)19-15-24(11-13-25-14-12-24)29-21-8-6-5-7-18(19)21/h5-10,15-17,25H,11-14H2,1-4H3. The van der Waals surface area contributed by atoms with Crippen LogP contribution in [0, 0.1) is 0 Å². The Hall–Kier alpha value is -2.53. The van der Waals surface area contributed by atoms with Crippen molar-refractivity contribution in [1.82, 2.24) is 10.2 Å². The van der Waals surface area contributed by atoms with Crippen LogP contribution in [-0.4, -0.2) is 41.6 Å². The third-order valence-electron chi connectivity index (χ3n) is 5.78. The fourth-order valence-corrected chi connectivity index (χ4v) is 4.46. The van der Waals surface area contributed by atoms with Crippen LogP contribution in [0.5, 0.6) is 5.75 Å². The quantitative estimate of drug-likeness (QED) is 0.830. The highest BCUT2D eigenvalue weighted by atomic mass is 16.5. The lowest BCUT2D eigenvalue weighted by molar-refractivity contribution is 0.0610. The van der Waals surface area contributed by atoms with Crippen LogP contribution in [0.15, 0.2) is 46.9 Å². The van der Waals surface area contributed by atoms with Gasteiger partial charge in [0.15, 0.2) is 5.76 Å². The molecule has 2 aromatic rings. The van der Waals surface area contributed by atoms with Crippen molar-refractivity contribution in [2.45, 2.75) is 58.2 Å². The smallest absolute Gasteiger partial charge is 0.290 e. The maximum atomic E-state index is 13.0. The molecule has 0 aliphatic carbocycles. The Bertz CT molecular complexity index is 912. The maximum absolute atomic E-state index is 13.0. The molecule has 1 amide bonds. The van der Waals surface area contributed by atoms with Crippen molar-refractivity contribution in [3.05, 3.63) is 59.6 Å². The first-order valence-electron chi connectivity index (χ1n) is 10.5. The zero-order valence-electron chi connectivity index (χ0n) is 17.7. The number of furan rings is 1. The van der Waals surface area contributed by atoms with Gasteiger partial charge in [0.05, 0.1) is 0 Å². The third kappa shape index (κ3) is 3.71. The van der Waals surface area contributed by atoms with E-state index >= 15 is 0 Å². The van der Waals surface area contributed by atoms with Crippen LogP contribution in [-0.2, 0) is 0 Å². The molecule has 1 saturated heterocycles. The molecule has 0 atom stereocenters. The number of hydrogen-bond acceptors (Lipinski definition) is 4. The van der Waals surface area contributed by atoms with E-state index in [-0.39, 0.29) is 23.6 Å². The lowest BCUT2D eigenvalue weighted by Gasteiger charge is -2.39. The summed E-state index contributed by atoms with van der Waals surface area (Å²) in [5.41, 5.74) is 1.69. The molecule has 2 aliphatic rings. The SMILES string of the molecule is CC(C)N(C(=O)c1ccc(C2=CC3(CCNCC3)Oc3ccccc32)o1)C(C)C. The summed E-state index contributed by atoms with van der Waals surface area (Å²) in [4.78, 5) is 14.9. The number of carbonyl (C=O) groups excluding carboxylic acids is 1. The van der Waals surface area contributed by atoms with Crippen molar-refractivity contribution in [2.24, 2.45) is 0 Å². The van der Waals surface area contributed by atoms with Gasteiger partial charge in [-0.1, -0.05) is 18.2 Å².